The van der Waals surface area contributed by atoms with Crippen LogP contribution in [0.2, 0.25) is 0 Å². The van der Waals surface area contributed by atoms with Crippen LogP contribution < -0.4 is 14.5 Å². The van der Waals surface area contributed by atoms with Crippen molar-refractivity contribution < 1.29 is 4.74 Å². The Morgan fingerprint density at radius 1 is 0.424 bits per heavy atom. The van der Waals surface area contributed by atoms with Gasteiger partial charge in [-0.15, -0.1) is 0 Å². The van der Waals surface area contributed by atoms with E-state index >= 15 is 0 Å². The molecule has 66 heavy (non-hydrogen) atoms. The summed E-state index contributed by atoms with van der Waals surface area (Å²) < 4.78 is 9.28. The van der Waals surface area contributed by atoms with E-state index in [0.29, 0.717) is 6.67 Å². The van der Waals surface area contributed by atoms with Gasteiger partial charge in [-0.2, -0.15) is 0 Å². The normalized spacial score (nSPS) is 13.3. The Bertz CT molecular complexity index is 3210. The van der Waals surface area contributed by atoms with Crippen LogP contribution in [-0.2, 0) is 16.2 Å². The smallest absolute Gasteiger partial charge is 0.137 e. The second kappa shape index (κ2) is 16.6. The molecule has 1 aliphatic rings. The minimum Gasteiger partial charge on any atom is -0.457 e. The van der Waals surface area contributed by atoms with E-state index in [9.17, 15) is 0 Å². The van der Waals surface area contributed by atoms with E-state index in [1.165, 1.54) is 39.1 Å². The van der Waals surface area contributed by atoms with E-state index in [-0.39, 0.29) is 16.2 Å². The first kappa shape index (κ1) is 42.6. The summed E-state index contributed by atoms with van der Waals surface area (Å²) in [6.07, 6.45) is 6.33. The molecule has 0 spiro atoms. The molecule has 0 aliphatic carbocycles. The molecule has 0 saturated heterocycles. The molecule has 10 rings (SSSR count). The Morgan fingerprint density at radius 2 is 1.03 bits per heavy atom. The lowest BCUT2D eigenvalue weighted by Crippen LogP contribution is -2.26. The third-order valence-corrected chi connectivity index (χ3v) is 13.3. The van der Waals surface area contributed by atoms with Crippen LogP contribution in [0.25, 0.3) is 49.9 Å². The van der Waals surface area contributed by atoms with Crippen molar-refractivity contribution in [3.63, 3.8) is 0 Å². The molecule has 0 fully saturated rings. The van der Waals surface area contributed by atoms with Gasteiger partial charge in [0.15, 0.2) is 0 Å². The van der Waals surface area contributed by atoms with Gasteiger partial charge in [-0.1, -0.05) is 159 Å². The molecular formula is C61H58N4O. The highest BCUT2D eigenvalue weighted by Crippen LogP contribution is 2.41. The van der Waals surface area contributed by atoms with Crippen LogP contribution in [0.5, 0.6) is 11.5 Å². The minimum atomic E-state index is -0.235. The fourth-order valence-corrected chi connectivity index (χ4v) is 9.21. The SMILES string of the molecule is CC(C)(C)c1cc(N2C=CN(c3cc(Oc4ccc5c6cc(-c7ccccc7)ccc6n(-c6cc(C(C)(C)c7ccccc7)ccn6)c5c4)cc(-c4ccccc4)c3)C2)cc(C(C)(C)C)c1. The first-order chi connectivity index (χ1) is 31.7. The molecule has 0 N–H and O–H groups in total. The number of ether oxygens (including phenoxy) is 1. The maximum absolute atomic E-state index is 6.98. The van der Waals surface area contributed by atoms with E-state index in [1.807, 2.05) is 6.20 Å². The van der Waals surface area contributed by atoms with Gasteiger partial charge in [-0.25, -0.2) is 4.98 Å². The van der Waals surface area contributed by atoms with E-state index in [0.717, 1.165) is 55.9 Å². The van der Waals surface area contributed by atoms with Crippen molar-refractivity contribution in [1.29, 1.82) is 0 Å². The average Bonchev–Trinajstić information content (AvgIpc) is 3.95. The third kappa shape index (κ3) is 8.26. The van der Waals surface area contributed by atoms with Crippen molar-refractivity contribution in [3.05, 3.63) is 217 Å². The summed E-state index contributed by atoms with van der Waals surface area (Å²) in [7, 11) is 0. The summed E-state index contributed by atoms with van der Waals surface area (Å²) in [6.45, 7) is 19.0. The van der Waals surface area contributed by atoms with Gasteiger partial charge in [0.1, 0.15) is 17.3 Å². The molecule has 0 unspecified atom stereocenters. The number of nitrogens with zero attached hydrogens (tertiary/aromatic N) is 4. The van der Waals surface area contributed by atoms with Crippen LogP contribution in [0.3, 0.4) is 0 Å². The fourth-order valence-electron chi connectivity index (χ4n) is 9.21. The van der Waals surface area contributed by atoms with Crippen molar-refractivity contribution in [1.82, 2.24) is 9.55 Å². The zero-order valence-corrected chi connectivity index (χ0v) is 39.4. The molecule has 0 bridgehead atoms. The predicted octanol–water partition coefficient (Wildman–Crippen LogP) is 16.0. The monoisotopic (exact) mass is 862 g/mol. The van der Waals surface area contributed by atoms with Gasteiger partial charge in [-0.05, 0) is 116 Å². The molecule has 3 heterocycles. The number of pyridine rings is 1. The van der Waals surface area contributed by atoms with Gasteiger partial charge in [0.05, 0.1) is 17.7 Å². The van der Waals surface area contributed by atoms with Gasteiger partial charge in [-0.3, -0.25) is 4.57 Å². The van der Waals surface area contributed by atoms with E-state index in [2.05, 4.69) is 258 Å². The van der Waals surface area contributed by atoms with Crippen LogP contribution in [0, 0.1) is 0 Å². The topological polar surface area (TPSA) is 33.5 Å². The number of fused-ring (bicyclic) bond motifs is 3. The molecule has 5 heteroatoms. The van der Waals surface area contributed by atoms with Gasteiger partial charge in [0.25, 0.3) is 0 Å². The lowest BCUT2D eigenvalue weighted by atomic mass is 9.78. The Morgan fingerprint density at radius 3 is 1.67 bits per heavy atom. The Kier molecular flexibility index (Phi) is 10.7. The Hall–Kier alpha value is -7.37. The molecule has 0 amide bonds. The molecule has 2 aromatic heterocycles. The van der Waals surface area contributed by atoms with Gasteiger partial charge in [0.2, 0.25) is 0 Å². The molecular weight excluding hydrogens is 805 g/mol. The molecule has 1 aliphatic heterocycles. The highest BCUT2D eigenvalue weighted by atomic mass is 16.5. The largest absolute Gasteiger partial charge is 0.457 e. The summed E-state index contributed by atoms with van der Waals surface area (Å²) in [6, 6.07) is 63.2. The zero-order valence-electron chi connectivity index (χ0n) is 39.4. The second-order valence-electron chi connectivity index (χ2n) is 20.3. The van der Waals surface area contributed by atoms with Gasteiger partial charge < -0.3 is 14.5 Å². The first-order valence-corrected chi connectivity index (χ1v) is 23.1. The summed E-state index contributed by atoms with van der Waals surface area (Å²) >= 11 is 0. The van der Waals surface area contributed by atoms with Crippen LogP contribution in [0.15, 0.2) is 195 Å². The fraction of sp³-hybridized carbons (Fsp3) is 0.197. The van der Waals surface area contributed by atoms with E-state index in [1.54, 1.807) is 0 Å². The Labute approximate surface area is 390 Å². The second-order valence-corrected chi connectivity index (χ2v) is 20.3. The quantitative estimate of drug-likeness (QED) is 0.145. The van der Waals surface area contributed by atoms with Crippen LogP contribution in [-0.4, -0.2) is 16.2 Å². The lowest BCUT2D eigenvalue weighted by molar-refractivity contribution is 0.483. The number of hydrogen-bond acceptors (Lipinski definition) is 4. The number of anilines is 2. The molecule has 0 atom stereocenters. The van der Waals surface area contributed by atoms with Crippen LogP contribution >= 0.6 is 0 Å². The summed E-state index contributed by atoms with van der Waals surface area (Å²) in [5.41, 5.74) is 13.9. The molecule has 0 radical (unpaired) electrons. The zero-order chi connectivity index (χ0) is 45.8. The lowest BCUT2D eigenvalue weighted by Gasteiger charge is -2.29. The van der Waals surface area contributed by atoms with Gasteiger partial charge >= 0.3 is 0 Å². The maximum Gasteiger partial charge on any atom is 0.137 e. The van der Waals surface area contributed by atoms with E-state index in [4.69, 9.17) is 9.72 Å². The predicted molar refractivity (Wildman–Crippen MR) is 277 cm³/mol. The summed E-state index contributed by atoms with van der Waals surface area (Å²) in [5.74, 6) is 2.38. The van der Waals surface area contributed by atoms with Crippen molar-refractivity contribution in [2.45, 2.75) is 71.6 Å². The molecule has 0 saturated carbocycles. The van der Waals surface area contributed by atoms with Crippen molar-refractivity contribution in [2.75, 3.05) is 16.5 Å². The van der Waals surface area contributed by atoms with Crippen molar-refractivity contribution in [2.24, 2.45) is 0 Å². The van der Waals surface area contributed by atoms with Crippen molar-refractivity contribution >= 4 is 33.2 Å². The maximum atomic E-state index is 6.98. The Balaban J connectivity index is 1.06. The number of aromatic nitrogens is 2. The van der Waals surface area contributed by atoms with Crippen molar-refractivity contribution in [3.8, 4) is 39.6 Å². The number of benzene rings is 7. The van der Waals surface area contributed by atoms with Crippen LogP contribution in [0.4, 0.5) is 11.4 Å². The molecule has 9 aromatic rings. The highest BCUT2D eigenvalue weighted by Gasteiger charge is 2.26. The minimum absolute atomic E-state index is 0.0255. The molecule has 5 nitrogen and oxygen atoms in total. The summed E-state index contributed by atoms with van der Waals surface area (Å²) in [4.78, 5) is 9.71. The first-order valence-electron chi connectivity index (χ1n) is 23.1. The van der Waals surface area contributed by atoms with Crippen LogP contribution in [0.1, 0.15) is 77.6 Å². The molecule has 328 valence electrons. The average molecular weight is 863 g/mol. The third-order valence-electron chi connectivity index (χ3n) is 13.3. The standard InChI is InChI=1S/C61H58N4O/c1-59(2,3)48-35-49(60(4,5)6)37-51(36-48)64-31-30-63(41-64)50-32-45(43-20-14-10-15-21-43)33-53(39-50)66-52-25-26-54-55-34-44(42-18-12-9-13-19-42)24-27-56(55)65(57(54)40-52)58-38-47(28-29-62-58)61(7,8)46-22-16-11-17-23-46/h9-40H,41H2,1-8H3. The highest BCUT2D eigenvalue weighted by molar-refractivity contribution is 6.10. The molecule has 7 aromatic carbocycles. The van der Waals surface area contributed by atoms with E-state index < -0.39 is 0 Å². The summed E-state index contributed by atoms with van der Waals surface area (Å²) in [5, 5.41) is 2.30. The number of hydrogen-bond donors (Lipinski definition) is 0. The van der Waals surface area contributed by atoms with Gasteiger partial charge in [0, 0.05) is 58.3 Å². The number of rotatable bonds is 9.